The Hall–Kier alpha value is -3.19. The lowest BCUT2D eigenvalue weighted by Gasteiger charge is -2.13. The van der Waals surface area contributed by atoms with Crippen LogP contribution in [0.25, 0.3) is 11.5 Å². The van der Waals surface area contributed by atoms with Crippen molar-refractivity contribution < 1.29 is 18.7 Å². The number of esters is 1. The zero-order valence-corrected chi connectivity index (χ0v) is 15.1. The van der Waals surface area contributed by atoms with Gasteiger partial charge in [-0.1, -0.05) is 41.9 Å². The number of hydrogen-bond donors (Lipinski definition) is 1. The van der Waals surface area contributed by atoms with Crippen LogP contribution >= 0.6 is 11.6 Å². The first-order chi connectivity index (χ1) is 13.0. The molecule has 8 heteroatoms. The quantitative estimate of drug-likeness (QED) is 0.654. The van der Waals surface area contributed by atoms with E-state index in [9.17, 15) is 9.59 Å². The summed E-state index contributed by atoms with van der Waals surface area (Å²) >= 11 is 5.97. The Balaban J connectivity index is 1.54. The van der Waals surface area contributed by atoms with Gasteiger partial charge >= 0.3 is 5.97 Å². The first-order valence-corrected chi connectivity index (χ1v) is 8.52. The molecule has 3 rings (SSSR count). The van der Waals surface area contributed by atoms with Gasteiger partial charge in [0.2, 0.25) is 5.89 Å². The summed E-state index contributed by atoms with van der Waals surface area (Å²) in [6, 6.07) is 14.9. The molecule has 1 N–H and O–H groups in total. The third-order valence-electron chi connectivity index (χ3n) is 3.65. The second-order valence-electron chi connectivity index (χ2n) is 5.65. The van der Waals surface area contributed by atoms with E-state index in [0.29, 0.717) is 10.9 Å². The number of amides is 1. The molecule has 0 saturated carbocycles. The third-order valence-corrected chi connectivity index (χ3v) is 3.97. The molecule has 138 valence electrons. The van der Waals surface area contributed by atoms with Gasteiger partial charge in [0.15, 0.2) is 6.61 Å². The van der Waals surface area contributed by atoms with Crippen molar-refractivity contribution in [3.8, 4) is 11.5 Å². The molecule has 0 spiro atoms. The topological polar surface area (TPSA) is 94.3 Å². The Morgan fingerprint density at radius 3 is 2.56 bits per heavy atom. The van der Waals surface area contributed by atoms with Gasteiger partial charge in [-0.15, -0.1) is 10.2 Å². The molecule has 0 saturated heterocycles. The van der Waals surface area contributed by atoms with Gasteiger partial charge in [0, 0.05) is 5.56 Å². The van der Waals surface area contributed by atoms with Crippen molar-refractivity contribution in [2.45, 2.75) is 19.6 Å². The summed E-state index contributed by atoms with van der Waals surface area (Å²) in [6.07, 6.45) is 0. The Bertz CT molecular complexity index is 943. The largest absolute Gasteiger partial charge is 0.454 e. The smallest absolute Gasteiger partial charge is 0.328 e. The van der Waals surface area contributed by atoms with Crippen LogP contribution in [-0.4, -0.2) is 28.1 Å². The molecule has 0 aliphatic carbocycles. The highest BCUT2D eigenvalue weighted by Gasteiger charge is 2.20. The number of carbonyl (C=O) groups is 2. The van der Waals surface area contributed by atoms with Crippen LogP contribution in [0.3, 0.4) is 0 Å². The van der Waals surface area contributed by atoms with E-state index in [0.717, 1.165) is 5.56 Å². The maximum atomic E-state index is 12.2. The van der Waals surface area contributed by atoms with Crippen LogP contribution < -0.4 is 5.32 Å². The maximum absolute atomic E-state index is 12.2. The SMILES string of the molecule is C[C@H](NC(=O)c1ccccc1Cl)C(=O)OCc1nnc(-c2ccccc2)o1. The molecule has 0 bridgehead atoms. The van der Waals surface area contributed by atoms with Crippen molar-refractivity contribution in [3.63, 3.8) is 0 Å². The Kier molecular flexibility index (Phi) is 5.83. The molecule has 2 aromatic carbocycles. The van der Waals surface area contributed by atoms with Gasteiger partial charge in [0.25, 0.3) is 11.8 Å². The van der Waals surface area contributed by atoms with E-state index < -0.39 is 17.9 Å². The number of aromatic nitrogens is 2. The van der Waals surface area contributed by atoms with E-state index >= 15 is 0 Å². The number of halogens is 1. The highest BCUT2D eigenvalue weighted by Crippen LogP contribution is 2.17. The van der Waals surface area contributed by atoms with E-state index in [2.05, 4.69) is 15.5 Å². The Morgan fingerprint density at radius 2 is 1.81 bits per heavy atom. The number of rotatable bonds is 6. The van der Waals surface area contributed by atoms with Crippen LogP contribution in [0, 0.1) is 0 Å². The lowest BCUT2D eigenvalue weighted by atomic mass is 10.2. The fraction of sp³-hybridized carbons (Fsp3) is 0.158. The van der Waals surface area contributed by atoms with Gasteiger partial charge < -0.3 is 14.5 Å². The van der Waals surface area contributed by atoms with Crippen molar-refractivity contribution in [1.29, 1.82) is 0 Å². The van der Waals surface area contributed by atoms with E-state index in [1.165, 1.54) is 6.92 Å². The highest BCUT2D eigenvalue weighted by molar-refractivity contribution is 6.33. The van der Waals surface area contributed by atoms with Crippen molar-refractivity contribution >= 4 is 23.5 Å². The second kappa shape index (κ2) is 8.46. The Morgan fingerprint density at radius 1 is 1.11 bits per heavy atom. The lowest BCUT2D eigenvalue weighted by Crippen LogP contribution is -2.39. The number of ether oxygens (including phenoxy) is 1. The predicted octanol–water partition coefficient (Wildman–Crippen LogP) is 3.25. The van der Waals surface area contributed by atoms with Crippen molar-refractivity contribution in [2.24, 2.45) is 0 Å². The van der Waals surface area contributed by atoms with Gasteiger partial charge in [0.1, 0.15) is 6.04 Å². The average Bonchev–Trinajstić information content (AvgIpc) is 3.16. The number of hydrogen-bond acceptors (Lipinski definition) is 6. The molecular formula is C19H16ClN3O4. The number of nitrogens with one attached hydrogen (secondary N) is 1. The van der Waals surface area contributed by atoms with Crippen molar-refractivity contribution in [2.75, 3.05) is 0 Å². The normalized spacial score (nSPS) is 11.6. The summed E-state index contributed by atoms with van der Waals surface area (Å²) in [6.45, 7) is 1.32. The van der Waals surface area contributed by atoms with Crippen LogP contribution in [0.5, 0.6) is 0 Å². The monoisotopic (exact) mass is 385 g/mol. The summed E-state index contributed by atoms with van der Waals surface area (Å²) in [5.74, 6) is -0.599. The minimum atomic E-state index is -0.870. The summed E-state index contributed by atoms with van der Waals surface area (Å²) in [5.41, 5.74) is 1.05. The highest BCUT2D eigenvalue weighted by atomic mass is 35.5. The molecule has 3 aromatic rings. The standard InChI is InChI=1S/C19H16ClN3O4/c1-12(21-17(24)14-9-5-6-10-15(14)20)19(25)26-11-16-22-23-18(27-16)13-7-3-2-4-8-13/h2-10,12H,11H2,1H3,(H,21,24)/t12-/m0/s1. The molecule has 0 aliphatic rings. The average molecular weight is 386 g/mol. The molecule has 7 nitrogen and oxygen atoms in total. The maximum Gasteiger partial charge on any atom is 0.328 e. The van der Waals surface area contributed by atoms with E-state index in [-0.39, 0.29) is 18.1 Å². The lowest BCUT2D eigenvalue weighted by molar-refractivity contribution is -0.147. The zero-order chi connectivity index (χ0) is 19.2. The second-order valence-corrected chi connectivity index (χ2v) is 6.06. The van der Waals surface area contributed by atoms with E-state index in [1.54, 1.807) is 24.3 Å². The molecule has 0 unspecified atom stereocenters. The van der Waals surface area contributed by atoms with Gasteiger partial charge in [-0.25, -0.2) is 4.79 Å². The number of nitrogens with zero attached hydrogens (tertiary/aromatic N) is 2. The molecule has 1 heterocycles. The molecule has 0 fully saturated rings. The molecule has 1 aromatic heterocycles. The third kappa shape index (κ3) is 4.71. The van der Waals surface area contributed by atoms with Gasteiger partial charge in [-0.05, 0) is 31.2 Å². The van der Waals surface area contributed by atoms with Crippen molar-refractivity contribution in [1.82, 2.24) is 15.5 Å². The summed E-state index contributed by atoms with van der Waals surface area (Å²) < 4.78 is 10.6. The van der Waals surface area contributed by atoms with Crippen LogP contribution in [0.4, 0.5) is 0 Å². The Labute approximate surface area is 160 Å². The fourth-order valence-corrected chi connectivity index (χ4v) is 2.47. The fourth-order valence-electron chi connectivity index (χ4n) is 2.25. The predicted molar refractivity (Wildman–Crippen MR) is 97.9 cm³/mol. The molecule has 1 amide bonds. The minimum absolute atomic E-state index is 0.159. The van der Waals surface area contributed by atoms with Crippen LogP contribution in [0.2, 0.25) is 5.02 Å². The van der Waals surface area contributed by atoms with Crippen LogP contribution in [-0.2, 0) is 16.1 Å². The molecule has 0 aliphatic heterocycles. The first-order valence-electron chi connectivity index (χ1n) is 8.14. The van der Waals surface area contributed by atoms with Gasteiger partial charge in [-0.3, -0.25) is 4.79 Å². The van der Waals surface area contributed by atoms with E-state index in [4.69, 9.17) is 20.8 Å². The molecule has 27 heavy (non-hydrogen) atoms. The number of benzene rings is 2. The number of carbonyl (C=O) groups excluding carboxylic acids is 2. The first kappa shape index (κ1) is 18.6. The summed E-state index contributed by atoms with van der Waals surface area (Å²) in [7, 11) is 0. The van der Waals surface area contributed by atoms with Crippen LogP contribution in [0.1, 0.15) is 23.2 Å². The molecule has 1 atom stereocenters. The van der Waals surface area contributed by atoms with Gasteiger partial charge in [0.05, 0.1) is 10.6 Å². The summed E-state index contributed by atoms with van der Waals surface area (Å²) in [5, 5.41) is 10.6. The molecular weight excluding hydrogens is 370 g/mol. The van der Waals surface area contributed by atoms with Gasteiger partial charge in [-0.2, -0.15) is 0 Å². The zero-order valence-electron chi connectivity index (χ0n) is 14.4. The van der Waals surface area contributed by atoms with Crippen LogP contribution in [0.15, 0.2) is 59.0 Å². The van der Waals surface area contributed by atoms with Crippen molar-refractivity contribution in [3.05, 3.63) is 71.1 Å². The minimum Gasteiger partial charge on any atom is -0.454 e. The molecule has 0 radical (unpaired) electrons. The summed E-state index contributed by atoms with van der Waals surface area (Å²) in [4.78, 5) is 24.3. The van der Waals surface area contributed by atoms with E-state index in [1.807, 2.05) is 30.3 Å².